The summed E-state index contributed by atoms with van der Waals surface area (Å²) in [5, 5.41) is 12.3. The van der Waals surface area contributed by atoms with Crippen LogP contribution in [0.25, 0.3) is 11.1 Å². The van der Waals surface area contributed by atoms with Gasteiger partial charge in [0.05, 0.1) is 5.56 Å². The van der Waals surface area contributed by atoms with Gasteiger partial charge in [-0.05, 0) is 53.4 Å². The van der Waals surface area contributed by atoms with Crippen molar-refractivity contribution in [1.29, 1.82) is 0 Å². The van der Waals surface area contributed by atoms with Crippen LogP contribution in [0.4, 0.5) is 5.69 Å². The zero-order chi connectivity index (χ0) is 18.4. The second-order valence-corrected chi connectivity index (χ2v) is 6.17. The lowest BCUT2D eigenvalue weighted by Crippen LogP contribution is -2.23. The number of nitrogens with one attached hydrogen (secondary N) is 1. The predicted octanol–water partition coefficient (Wildman–Crippen LogP) is 3.97. The van der Waals surface area contributed by atoms with Crippen LogP contribution in [-0.4, -0.2) is 17.6 Å². The van der Waals surface area contributed by atoms with Crippen molar-refractivity contribution in [3.05, 3.63) is 89.5 Å². The number of carboxylic acid groups (broad SMARTS) is 1. The van der Waals surface area contributed by atoms with Crippen LogP contribution in [-0.2, 0) is 13.0 Å². The van der Waals surface area contributed by atoms with Gasteiger partial charge < -0.3 is 16.2 Å². The molecule has 3 aromatic rings. The Morgan fingerprint density at radius 1 is 0.923 bits per heavy atom. The quantitative estimate of drug-likeness (QED) is 0.614. The number of rotatable bonds is 2. The number of nitrogen functional groups attached to an aromatic ring is 1. The van der Waals surface area contributed by atoms with Crippen molar-refractivity contribution >= 4 is 11.7 Å². The summed E-state index contributed by atoms with van der Waals surface area (Å²) in [4.78, 5) is 11.0. The Morgan fingerprint density at radius 3 is 2.42 bits per heavy atom. The van der Waals surface area contributed by atoms with Crippen LogP contribution in [0.3, 0.4) is 0 Å². The first kappa shape index (κ1) is 17.7. The SMILES string of the molecule is Nc1ccc2c(c1)CCNC2.O=C(O)c1ccccc1-c1ccccc1. The van der Waals surface area contributed by atoms with E-state index in [0.29, 0.717) is 5.56 Å². The number of carboxylic acids is 1. The molecule has 0 amide bonds. The number of anilines is 1. The van der Waals surface area contributed by atoms with Gasteiger partial charge >= 0.3 is 5.97 Å². The fraction of sp³-hybridized carbons (Fsp3) is 0.136. The largest absolute Gasteiger partial charge is 0.478 e. The van der Waals surface area contributed by atoms with Crippen LogP contribution < -0.4 is 11.1 Å². The summed E-state index contributed by atoms with van der Waals surface area (Å²) in [6.45, 7) is 2.08. The Morgan fingerprint density at radius 2 is 1.65 bits per heavy atom. The minimum Gasteiger partial charge on any atom is -0.478 e. The molecule has 1 heterocycles. The van der Waals surface area contributed by atoms with Crippen LogP contribution in [0.15, 0.2) is 72.8 Å². The lowest BCUT2D eigenvalue weighted by molar-refractivity contribution is 0.0697. The monoisotopic (exact) mass is 346 g/mol. The van der Waals surface area contributed by atoms with Gasteiger partial charge in [0.25, 0.3) is 0 Å². The van der Waals surface area contributed by atoms with E-state index in [1.807, 2.05) is 48.5 Å². The van der Waals surface area contributed by atoms with Gasteiger partial charge in [-0.3, -0.25) is 0 Å². The summed E-state index contributed by atoms with van der Waals surface area (Å²) in [5.74, 6) is -0.894. The third-order valence-corrected chi connectivity index (χ3v) is 4.36. The molecule has 4 N–H and O–H groups in total. The number of benzene rings is 3. The van der Waals surface area contributed by atoms with Gasteiger partial charge in [-0.1, -0.05) is 54.6 Å². The molecule has 0 atom stereocenters. The van der Waals surface area contributed by atoms with E-state index in [2.05, 4.69) is 17.4 Å². The van der Waals surface area contributed by atoms with Crippen LogP contribution in [0.2, 0.25) is 0 Å². The Balaban J connectivity index is 0.000000158. The summed E-state index contributed by atoms with van der Waals surface area (Å²) >= 11 is 0. The summed E-state index contributed by atoms with van der Waals surface area (Å²) in [6.07, 6.45) is 1.11. The molecule has 0 fully saturated rings. The molecule has 26 heavy (non-hydrogen) atoms. The van der Waals surface area contributed by atoms with E-state index in [4.69, 9.17) is 10.8 Å². The minimum absolute atomic E-state index is 0.337. The summed E-state index contributed by atoms with van der Waals surface area (Å²) in [5.41, 5.74) is 11.4. The van der Waals surface area contributed by atoms with Gasteiger partial charge in [-0.15, -0.1) is 0 Å². The first-order chi connectivity index (χ1) is 12.6. The minimum atomic E-state index is -0.894. The number of nitrogens with two attached hydrogens (primary N) is 1. The second-order valence-electron chi connectivity index (χ2n) is 6.17. The van der Waals surface area contributed by atoms with Gasteiger partial charge in [0, 0.05) is 12.2 Å². The number of hydrogen-bond acceptors (Lipinski definition) is 3. The van der Waals surface area contributed by atoms with Crippen LogP contribution in [0.5, 0.6) is 0 Å². The third kappa shape index (κ3) is 4.29. The number of fused-ring (bicyclic) bond motifs is 1. The summed E-state index contributed by atoms with van der Waals surface area (Å²) < 4.78 is 0. The molecule has 3 aromatic carbocycles. The van der Waals surface area contributed by atoms with Gasteiger partial charge in [-0.25, -0.2) is 4.79 Å². The van der Waals surface area contributed by atoms with E-state index >= 15 is 0 Å². The van der Waals surface area contributed by atoms with E-state index in [1.165, 1.54) is 11.1 Å². The highest BCUT2D eigenvalue weighted by Crippen LogP contribution is 2.23. The smallest absolute Gasteiger partial charge is 0.336 e. The number of carbonyl (C=O) groups is 1. The maximum atomic E-state index is 11.0. The molecule has 0 radical (unpaired) electrons. The summed E-state index contributed by atoms with van der Waals surface area (Å²) in [7, 11) is 0. The van der Waals surface area contributed by atoms with Crippen molar-refractivity contribution in [1.82, 2.24) is 5.32 Å². The van der Waals surface area contributed by atoms with E-state index in [1.54, 1.807) is 12.1 Å². The molecule has 0 unspecified atom stereocenters. The Labute approximate surface area is 153 Å². The van der Waals surface area contributed by atoms with Crippen molar-refractivity contribution < 1.29 is 9.90 Å². The highest BCUT2D eigenvalue weighted by molar-refractivity contribution is 5.95. The molecule has 4 nitrogen and oxygen atoms in total. The van der Waals surface area contributed by atoms with Crippen molar-refractivity contribution in [3.8, 4) is 11.1 Å². The molecule has 0 aromatic heterocycles. The average molecular weight is 346 g/mol. The standard InChI is InChI=1S/C13H10O2.C9H12N2/c14-13(15)12-9-5-4-8-11(12)10-6-2-1-3-7-10;10-9-2-1-8-6-11-4-3-7(8)5-9/h1-9H,(H,14,15);1-2,5,11H,3-4,6,10H2. The maximum Gasteiger partial charge on any atom is 0.336 e. The molecule has 1 aliphatic rings. The maximum absolute atomic E-state index is 11.0. The van der Waals surface area contributed by atoms with Gasteiger partial charge in [0.15, 0.2) is 0 Å². The topological polar surface area (TPSA) is 75.3 Å². The van der Waals surface area contributed by atoms with Gasteiger partial charge in [0.2, 0.25) is 0 Å². The molecule has 0 saturated heterocycles. The number of aromatic carboxylic acids is 1. The fourth-order valence-electron chi connectivity index (χ4n) is 3.04. The van der Waals surface area contributed by atoms with Crippen LogP contribution >= 0.6 is 0 Å². The molecule has 132 valence electrons. The number of hydrogen-bond donors (Lipinski definition) is 3. The normalized spacial score (nSPS) is 12.5. The van der Waals surface area contributed by atoms with Crippen molar-refractivity contribution in [2.75, 3.05) is 12.3 Å². The van der Waals surface area contributed by atoms with E-state index < -0.39 is 5.97 Å². The predicted molar refractivity (Wildman–Crippen MR) is 105 cm³/mol. The first-order valence-electron chi connectivity index (χ1n) is 8.61. The lowest BCUT2D eigenvalue weighted by atomic mass is 10.00. The Hall–Kier alpha value is -3.11. The van der Waals surface area contributed by atoms with Gasteiger partial charge in [0.1, 0.15) is 0 Å². The Kier molecular flexibility index (Phi) is 5.66. The van der Waals surface area contributed by atoms with Crippen molar-refractivity contribution in [3.63, 3.8) is 0 Å². The third-order valence-electron chi connectivity index (χ3n) is 4.36. The highest BCUT2D eigenvalue weighted by atomic mass is 16.4. The molecular formula is C22H22N2O2. The zero-order valence-corrected chi connectivity index (χ0v) is 14.5. The first-order valence-corrected chi connectivity index (χ1v) is 8.61. The van der Waals surface area contributed by atoms with Crippen LogP contribution in [0.1, 0.15) is 21.5 Å². The lowest BCUT2D eigenvalue weighted by Gasteiger charge is -2.16. The average Bonchev–Trinajstić information content (AvgIpc) is 2.69. The fourth-order valence-corrected chi connectivity index (χ4v) is 3.04. The Bertz CT molecular complexity index is 892. The van der Waals surface area contributed by atoms with E-state index in [0.717, 1.165) is 36.3 Å². The molecule has 0 spiro atoms. The summed E-state index contributed by atoms with van der Waals surface area (Å²) in [6, 6.07) is 22.7. The molecule has 0 aliphatic carbocycles. The highest BCUT2D eigenvalue weighted by Gasteiger charge is 2.09. The molecule has 4 heteroatoms. The van der Waals surface area contributed by atoms with Crippen LogP contribution in [0, 0.1) is 0 Å². The van der Waals surface area contributed by atoms with E-state index in [-0.39, 0.29) is 0 Å². The van der Waals surface area contributed by atoms with Crippen molar-refractivity contribution in [2.24, 2.45) is 0 Å². The zero-order valence-electron chi connectivity index (χ0n) is 14.5. The molecule has 0 bridgehead atoms. The van der Waals surface area contributed by atoms with E-state index in [9.17, 15) is 4.79 Å². The molecule has 0 saturated carbocycles. The van der Waals surface area contributed by atoms with Gasteiger partial charge in [-0.2, -0.15) is 0 Å². The molecule has 4 rings (SSSR count). The van der Waals surface area contributed by atoms with Crippen molar-refractivity contribution in [2.45, 2.75) is 13.0 Å². The second kappa shape index (κ2) is 8.32. The molecular weight excluding hydrogens is 324 g/mol. The molecule has 1 aliphatic heterocycles.